The second-order valence-electron chi connectivity index (χ2n) is 6.05. The number of nitrogens with zero attached hydrogens (tertiary/aromatic N) is 3. The highest BCUT2D eigenvalue weighted by Crippen LogP contribution is 2.28. The van der Waals surface area contributed by atoms with Crippen LogP contribution in [0.4, 0.5) is 0 Å². The minimum absolute atomic E-state index is 0.742. The fourth-order valence-electron chi connectivity index (χ4n) is 2.90. The third-order valence-corrected chi connectivity index (χ3v) is 4.17. The zero-order valence-electron chi connectivity index (χ0n) is 15.1. The Hall–Kier alpha value is -2.92. The van der Waals surface area contributed by atoms with Crippen LogP contribution in [0, 0.1) is 0 Å². The maximum Gasteiger partial charge on any atom is 0.161 e. The first-order chi connectivity index (χ1) is 12.8. The largest absolute Gasteiger partial charge is 0.493 e. The zero-order valence-corrected chi connectivity index (χ0v) is 15.1. The number of aromatic nitrogens is 2. The van der Waals surface area contributed by atoms with Crippen LogP contribution in [-0.2, 0) is 19.6 Å². The summed E-state index contributed by atoms with van der Waals surface area (Å²) in [7, 11) is 3.31. The Balaban J connectivity index is 1.80. The Morgan fingerprint density at radius 2 is 1.15 bits per heavy atom. The van der Waals surface area contributed by atoms with Crippen molar-refractivity contribution >= 4 is 0 Å². The van der Waals surface area contributed by atoms with Gasteiger partial charge < -0.3 is 9.47 Å². The summed E-state index contributed by atoms with van der Waals surface area (Å²) >= 11 is 0. The van der Waals surface area contributed by atoms with Crippen LogP contribution in [0.2, 0.25) is 0 Å². The summed E-state index contributed by atoms with van der Waals surface area (Å²) in [6.07, 6.45) is 7.32. The second kappa shape index (κ2) is 8.97. The number of ether oxygens (including phenoxy) is 2. The van der Waals surface area contributed by atoms with Crippen LogP contribution in [0.1, 0.15) is 16.7 Å². The number of pyridine rings is 2. The zero-order chi connectivity index (χ0) is 18.2. The molecule has 0 unspecified atom stereocenters. The SMILES string of the molecule is COc1ccc(CN(Cc2ccncc2)Cc2ccncc2)cc1OC. The molecule has 26 heavy (non-hydrogen) atoms. The summed E-state index contributed by atoms with van der Waals surface area (Å²) in [5, 5.41) is 0. The fraction of sp³-hybridized carbons (Fsp3) is 0.238. The summed E-state index contributed by atoms with van der Waals surface area (Å²) < 4.78 is 10.8. The molecule has 0 saturated heterocycles. The van der Waals surface area contributed by atoms with E-state index in [2.05, 4.69) is 20.9 Å². The van der Waals surface area contributed by atoms with Crippen molar-refractivity contribution in [1.29, 1.82) is 0 Å². The number of rotatable bonds is 8. The average Bonchev–Trinajstić information content (AvgIpc) is 2.69. The normalized spacial score (nSPS) is 10.7. The van der Waals surface area contributed by atoms with Crippen LogP contribution >= 0.6 is 0 Å². The molecule has 5 heteroatoms. The molecule has 0 aliphatic heterocycles. The summed E-state index contributed by atoms with van der Waals surface area (Å²) in [5.41, 5.74) is 3.63. The van der Waals surface area contributed by atoms with Gasteiger partial charge in [-0.15, -0.1) is 0 Å². The fourth-order valence-corrected chi connectivity index (χ4v) is 2.90. The van der Waals surface area contributed by atoms with Gasteiger partial charge in [-0.1, -0.05) is 6.07 Å². The smallest absolute Gasteiger partial charge is 0.161 e. The molecule has 5 nitrogen and oxygen atoms in total. The number of hydrogen-bond donors (Lipinski definition) is 0. The maximum atomic E-state index is 5.43. The van der Waals surface area contributed by atoms with Gasteiger partial charge in [0.2, 0.25) is 0 Å². The van der Waals surface area contributed by atoms with Gasteiger partial charge in [-0.3, -0.25) is 14.9 Å². The highest BCUT2D eigenvalue weighted by atomic mass is 16.5. The molecule has 134 valence electrons. The van der Waals surface area contributed by atoms with E-state index < -0.39 is 0 Å². The van der Waals surface area contributed by atoms with Crippen molar-refractivity contribution in [1.82, 2.24) is 14.9 Å². The standard InChI is InChI=1S/C21H23N3O2/c1-25-20-4-3-19(13-21(20)26-2)16-24(14-17-5-9-22-10-6-17)15-18-7-11-23-12-8-18/h3-13H,14-16H2,1-2H3. The lowest BCUT2D eigenvalue weighted by Crippen LogP contribution is -2.22. The van der Waals surface area contributed by atoms with Crippen LogP contribution in [0.3, 0.4) is 0 Å². The van der Waals surface area contributed by atoms with Crippen LogP contribution in [0.5, 0.6) is 11.5 Å². The molecule has 3 aromatic rings. The molecule has 0 aliphatic rings. The Morgan fingerprint density at radius 3 is 1.65 bits per heavy atom. The summed E-state index contributed by atoms with van der Waals surface area (Å²) in [6, 6.07) is 14.3. The molecule has 0 N–H and O–H groups in total. The van der Waals surface area contributed by atoms with Crippen molar-refractivity contribution in [3.05, 3.63) is 83.9 Å². The predicted octanol–water partition coefficient (Wildman–Crippen LogP) is 3.70. The molecule has 2 aromatic heterocycles. The molecule has 0 fully saturated rings. The van der Waals surface area contributed by atoms with E-state index in [0.29, 0.717) is 0 Å². The van der Waals surface area contributed by atoms with E-state index in [0.717, 1.165) is 31.1 Å². The van der Waals surface area contributed by atoms with Gasteiger partial charge in [0.1, 0.15) is 0 Å². The molecule has 2 heterocycles. The molecule has 1 aromatic carbocycles. The van der Waals surface area contributed by atoms with Gasteiger partial charge in [-0.05, 0) is 53.1 Å². The Labute approximate surface area is 154 Å². The lowest BCUT2D eigenvalue weighted by atomic mass is 10.1. The van der Waals surface area contributed by atoms with Crippen molar-refractivity contribution in [3.8, 4) is 11.5 Å². The minimum Gasteiger partial charge on any atom is -0.493 e. The molecule has 0 atom stereocenters. The average molecular weight is 349 g/mol. The van der Waals surface area contributed by atoms with Crippen molar-refractivity contribution in [2.45, 2.75) is 19.6 Å². The minimum atomic E-state index is 0.742. The first-order valence-electron chi connectivity index (χ1n) is 8.49. The second-order valence-corrected chi connectivity index (χ2v) is 6.05. The summed E-state index contributed by atoms with van der Waals surface area (Å²) in [6.45, 7) is 2.46. The third-order valence-electron chi connectivity index (χ3n) is 4.17. The van der Waals surface area contributed by atoms with Crippen molar-refractivity contribution < 1.29 is 9.47 Å². The van der Waals surface area contributed by atoms with E-state index in [1.807, 2.05) is 61.2 Å². The van der Waals surface area contributed by atoms with E-state index in [9.17, 15) is 0 Å². The van der Waals surface area contributed by atoms with Gasteiger partial charge in [-0.2, -0.15) is 0 Å². The molecule has 0 spiro atoms. The highest BCUT2D eigenvalue weighted by Gasteiger charge is 2.11. The van der Waals surface area contributed by atoms with Gasteiger partial charge in [0, 0.05) is 44.4 Å². The molecule has 3 rings (SSSR count). The highest BCUT2D eigenvalue weighted by molar-refractivity contribution is 5.42. The first kappa shape index (κ1) is 17.9. The van der Waals surface area contributed by atoms with Gasteiger partial charge in [0.05, 0.1) is 14.2 Å². The lowest BCUT2D eigenvalue weighted by molar-refractivity contribution is 0.247. The Morgan fingerprint density at radius 1 is 0.654 bits per heavy atom. The van der Waals surface area contributed by atoms with Crippen molar-refractivity contribution in [3.63, 3.8) is 0 Å². The topological polar surface area (TPSA) is 47.5 Å². The van der Waals surface area contributed by atoms with Crippen LogP contribution in [0.15, 0.2) is 67.3 Å². The number of benzene rings is 1. The van der Waals surface area contributed by atoms with Crippen LogP contribution < -0.4 is 9.47 Å². The van der Waals surface area contributed by atoms with E-state index >= 15 is 0 Å². The van der Waals surface area contributed by atoms with Crippen molar-refractivity contribution in [2.75, 3.05) is 14.2 Å². The summed E-state index contributed by atoms with van der Waals surface area (Å²) in [5.74, 6) is 1.49. The third kappa shape index (κ3) is 4.80. The Bertz CT molecular complexity index is 768. The van der Waals surface area contributed by atoms with E-state index in [4.69, 9.17) is 9.47 Å². The molecule has 0 aliphatic carbocycles. The first-order valence-corrected chi connectivity index (χ1v) is 8.49. The van der Waals surface area contributed by atoms with Crippen LogP contribution in [-0.4, -0.2) is 29.1 Å². The number of hydrogen-bond acceptors (Lipinski definition) is 5. The predicted molar refractivity (Wildman–Crippen MR) is 101 cm³/mol. The van der Waals surface area contributed by atoms with Gasteiger partial charge in [0.25, 0.3) is 0 Å². The van der Waals surface area contributed by atoms with Crippen LogP contribution in [0.25, 0.3) is 0 Å². The lowest BCUT2D eigenvalue weighted by Gasteiger charge is -2.23. The molecular formula is C21H23N3O2. The molecular weight excluding hydrogens is 326 g/mol. The van der Waals surface area contributed by atoms with Crippen molar-refractivity contribution in [2.24, 2.45) is 0 Å². The van der Waals surface area contributed by atoms with E-state index in [-0.39, 0.29) is 0 Å². The monoisotopic (exact) mass is 349 g/mol. The van der Waals surface area contributed by atoms with E-state index in [1.165, 1.54) is 16.7 Å². The quantitative estimate of drug-likeness (QED) is 0.621. The van der Waals surface area contributed by atoms with Gasteiger partial charge >= 0.3 is 0 Å². The number of methoxy groups -OCH3 is 2. The molecule has 0 bridgehead atoms. The molecule has 0 amide bonds. The maximum absolute atomic E-state index is 5.43. The summed E-state index contributed by atoms with van der Waals surface area (Å²) in [4.78, 5) is 10.6. The van der Waals surface area contributed by atoms with Gasteiger partial charge in [0.15, 0.2) is 11.5 Å². The van der Waals surface area contributed by atoms with Gasteiger partial charge in [-0.25, -0.2) is 0 Å². The Kier molecular flexibility index (Phi) is 6.17. The van der Waals surface area contributed by atoms with E-state index in [1.54, 1.807) is 14.2 Å². The molecule has 0 saturated carbocycles. The molecule has 0 radical (unpaired) electrons.